The molecule has 0 fully saturated rings. The SMILES string of the molecule is CCCCCn1c(-c2cccs2)ccc1-c1cccs1. The van der Waals surface area contributed by atoms with E-state index in [1.165, 1.54) is 40.4 Å². The van der Waals surface area contributed by atoms with E-state index in [2.05, 4.69) is 58.6 Å². The fourth-order valence-corrected chi connectivity index (χ4v) is 4.03. The van der Waals surface area contributed by atoms with E-state index in [9.17, 15) is 0 Å². The average molecular weight is 301 g/mol. The van der Waals surface area contributed by atoms with Crippen molar-refractivity contribution < 1.29 is 0 Å². The Balaban J connectivity index is 1.98. The van der Waals surface area contributed by atoms with Crippen LogP contribution in [0.4, 0.5) is 0 Å². The van der Waals surface area contributed by atoms with Crippen LogP contribution in [0.3, 0.4) is 0 Å². The molecule has 0 bridgehead atoms. The maximum atomic E-state index is 2.49. The van der Waals surface area contributed by atoms with Gasteiger partial charge in [-0.1, -0.05) is 31.9 Å². The summed E-state index contributed by atoms with van der Waals surface area (Å²) in [5, 5.41) is 4.31. The molecule has 0 aromatic carbocycles. The lowest BCUT2D eigenvalue weighted by Crippen LogP contribution is -2.01. The van der Waals surface area contributed by atoms with Crippen molar-refractivity contribution >= 4 is 22.7 Å². The Morgan fingerprint density at radius 2 is 1.45 bits per heavy atom. The molecule has 0 unspecified atom stereocenters. The van der Waals surface area contributed by atoms with Gasteiger partial charge >= 0.3 is 0 Å². The molecular weight excluding hydrogens is 282 g/mol. The summed E-state index contributed by atoms with van der Waals surface area (Å²) in [6, 6.07) is 13.2. The van der Waals surface area contributed by atoms with E-state index in [0.717, 1.165) is 6.54 Å². The molecule has 1 nitrogen and oxygen atoms in total. The Kier molecular flexibility index (Phi) is 4.38. The zero-order valence-electron chi connectivity index (χ0n) is 11.7. The fourth-order valence-electron chi connectivity index (χ4n) is 2.51. The first-order chi connectivity index (χ1) is 9.90. The minimum absolute atomic E-state index is 1.11. The summed E-state index contributed by atoms with van der Waals surface area (Å²) < 4.78 is 2.49. The molecule has 3 aromatic rings. The molecule has 0 aliphatic heterocycles. The highest BCUT2D eigenvalue weighted by Crippen LogP contribution is 2.33. The predicted octanol–water partition coefficient (Wildman–Crippen LogP) is 6.14. The van der Waals surface area contributed by atoms with Gasteiger partial charge in [0.05, 0.1) is 21.1 Å². The Labute approximate surface area is 128 Å². The van der Waals surface area contributed by atoms with Gasteiger partial charge in [0.25, 0.3) is 0 Å². The van der Waals surface area contributed by atoms with Crippen LogP contribution in [0, 0.1) is 0 Å². The molecule has 0 spiro atoms. The standard InChI is InChI=1S/C17H19NS2/c1-2-3-4-11-18-14(16-7-5-12-19-16)9-10-15(18)17-8-6-13-20-17/h5-10,12-13H,2-4,11H2,1H3. The van der Waals surface area contributed by atoms with Gasteiger partial charge in [-0.25, -0.2) is 0 Å². The van der Waals surface area contributed by atoms with Crippen molar-refractivity contribution in [3.63, 3.8) is 0 Å². The predicted molar refractivity (Wildman–Crippen MR) is 90.6 cm³/mol. The van der Waals surface area contributed by atoms with Crippen LogP contribution in [0.25, 0.3) is 21.1 Å². The first kappa shape index (κ1) is 13.7. The minimum Gasteiger partial charge on any atom is -0.339 e. The van der Waals surface area contributed by atoms with Crippen molar-refractivity contribution in [1.29, 1.82) is 0 Å². The monoisotopic (exact) mass is 301 g/mol. The summed E-state index contributed by atoms with van der Waals surface area (Å²) in [6.07, 6.45) is 3.82. The maximum Gasteiger partial charge on any atom is 0.0586 e. The van der Waals surface area contributed by atoms with E-state index in [-0.39, 0.29) is 0 Å². The second-order valence-electron chi connectivity index (χ2n) is 4.92. The van der Waals surface area contributed by atoms with Crippen molar-refractivity contribution in [1.82, 2.24) is 4.57 Å². The summed E-state index contributed by atoms with van der Waals surface area (Å²) in [5.41, 5.74) is 2.72. The molecule has 0 saturated carbocycles. The maximum absolute atomic E-state index is 2.49. The molecule has 0 radical (unpaired) electrons. The number of hydrogen-bond donors (Lipinski definition) is 0. The van der Waals surface area contributed by atoms with E-state index in [4.69, 9.17) is 0 Å². The van der Waals surface area contributed by atoms with Gasteiger partial charge in [-0.3, -0.25) is 0 Å². The van der Waals surface area contributed by atoms with E-state index in [1.807, 2.05) is 22.7 Å². The Morgan fingerprint density at radius 1 is 0.850 bits per heavy atom. The smallest absolute Gasteiger partial charge is 0.0586 e. The molecule has 104 valence electrons. The third kappa shape index (κ3) is 2.74. The van der Waals surface area contributed by atoms with Crippen molar-refractivity contribution in [2.45, 2.75) is 32.7 Å². The molecule has 20 heavy (non-hydrogen) atoms. The molecule has 0 saturated heterocycles. The lowest BCUT2D eigenvalue weighted by Gasteiger charge is -2.12. The van der Waals surface area contributed by atoms with Gasteiger partial charge in [0.1, 0.15) is 0 Å². The largest absolute Gasteiger partial charge is 0.339 e. The van der Waals surface area contributed by atoms with E-state index in [1.54, 1.807) is 0 Å². The number of rotatable bonds is 6. The molecule has 0 aliphatic carbocycles. The number of thiophene rings is 2. The highest BCUT2D eigenvalue weighted by molar-refractivity contribution is 7.14. The minimum atomic E-state index is 1.11. The van der Waals surface area contributed by atoms with Crippen LogP contribution in [0.2, 0.25) is 0 Å². The summed E-state index contributed by atoms with van der Waals surface area (Å²) in [5.74, 6) is 0. The van der Waals surface area contributed by atoms with Crippen molar-refractivity contribution in [3.05, 3.63) is 47.2 Å². The van der Waals surface area contributed by atoms with Crippen LogP contribution in [0.5, 0.6) is 0 Å². The second kappa shape index (κ2) is 6.42. The van der Waals surface area contributed by atoms with Crippen LogP contribution in [0.1, 0.15) is 26.2 Å². The van der Waals surface area contributed by atoms with Gasteiger partial charge in [0.2, 0.25) is 0 Å². The first-order valence-electron chi connectivity index (χ1n) is 7.17. The molecule has 3 aromatic heterocycles. The van der Waals surface area contributed by atoms with Crippen LogP contribution in [-0.4, -0.2) is 4.57 Å². The molecule has 3 heterocycles. The fraction of sp³-hybridized carbons (Fsp3) is 0.294. The van der Waals surface area contributed by atoms with Gasteiger partial charge in [0, 0.05) is 6.54 Å². The quantitative estimate of drug-likeness (QED) is 0.482. The zero-order valence-corrected chi connectivity index (χ0v) is 13.3. The normalized spacial score (nSPS) is 11.1. The zero-order chi connectivity index (χ0) is 13.8. The molecule has 0 amide bonds. The Morgan fingerprint density at radius 3 is 1.90 bits per heavy atom. The summed E-state index contributed by atoms with van der Waals surface area (Å²) in [4.78, 5) is 2.73. The van der Waals surface area contributed by atoms with E-state index in [0.29, 0.717) is 0 Å². The molecule has 0 N–H and O–H groups in total. The number of unbranched alkanes of at least 4 members (excludes halogenated alkanes) is 2. The van der Waals surface area contributed by atoms with Gasteiger partial charge in [-0.2, -0.15) is 0 Å². The Bertz CT molecular complexity index is 581. The number of nitrogens with zero attached hydrogens (tertiary/aromatic N) is 1. The number of hydrogen-bond acceptors (Lipinski definition) is 2. The van der Waals surface area contributed by atoms with E-state index < -0.39 is 0 Å². The summed E-state index contributed by atoms with van der Waals surface area (Å²) in [7, 11) is 0. The van der Waals surface area contributed by atoms with Crippen LogP contribution in [-0.2, 0) is 6.54 Å². The summed E-state index contributed by atoms with van der Waals surface area (Å²) in [6.45, 7) is 3.37. The molecule has 0 aliphatic rings. The summed E-state index contributed by atoms with van der Waals surface area (Å²) >= 11 is 3.65. The molecule has 3 rings (SSSR count). The van der Waals surface area contributed by atoms with Gasteiger partial charge in [-0.15, -0.1) is 22.7 Å². The molecule has 0 atom stereocenters. The van der Waals surface area contributed by atoms with Crippen LogP contribution < -0.4 is 0 Å². The van der Waals surface area contributed by atoms with Crippen molar-refractivity contribution in [2.24, 2.45) is 0 Å². The topological polar surface area (TPSA) is 4.93 Å². The third-order valence-electron chi connectivity index (χ3n) is 3.51. The highest BCUT2D eigenvalue weighted by Gasteiger charge is 2.12. The molecule has 3 heteroatoms. The van der Waals surface area contributed by atoms with Crippen LogP contribution in [0.15, 0.2) is 47.2 Å². The average Bonchev–Trinajstić information content (AvgIpc) is 3.19. The lowest BCUT2D eigenvalue weighted by molar-refractivity contribution is 0.613. The van der Waals surface area contributed by atoms with Crippen LogP contribution >= 0.6 is 22.7 Å². The third-order valence-corrected chi connectivity index (χ3v) is 5.30. The van der Waals surface area contributed by atoms with Gasteiger partial charge < -0.3 is 4.57 Å². The van der Waals surface area contributed by atoms with Gasteiger partial charge in [0.15, 0.2) is 0 Å². The van der Waals surface area contributed by atoms with E-state index >= 15 is 0 Å². The highest BCUT2D eigenvalue weighted by atomic mass is 32.1. The first-order valence-corrected chi connectivity index (χ1v) is 8.93. The lowest BCUT2D eigenvalue weighted by atomic mass is 10.2. The molecular formula is C17H19NS2. The number of aromatic nitrogens is 1. The van der Waals surface area contributed by atoms with Crippen molar-refractivity contribution in [3.8, 4) is 21.1 Å². The van der Waals surface area contributed by atoms with Gasteiger partial charge in [-0.05, 0) is 41.4 Å². The Hall–Kier alpha value is -1.32. The second-order valence-corrected chi connectivity index (χ2v) is 6.81. The van der Waals surface area contributed by atoms with Crippen molar-refractivity contribution in [2.75, 3.05) is 0 Å².